The van der Waals surface area contributed by atoms with Gasteiger partial charge < -0.3 is 11.1 Å². The number of carbonyl (C=O) groups is 1. The van der Waals surface area contributed by atoms with Crippen molar-refractivity contribution in [3.8, 4) is 0 Å². The quantitative estimate of drug-likeness (QED) is 0.856. The number of amides is 1. The third-order valence-electron chi connectivity index (χ3n) is 3.73. The average molecular weight is 248 g/mol. The Bertz CT molecular complexity index is 450. The summed E-state index contributed by atoms with van der Waals surface area (Å²) in [4.78, 5) is 12.2. The van der Waals surface area contributed by atoms with Gasteiger partial charge in [0.1, 0.15) is 0 Å². The van der Waals surface area contributed by atoms with E-state index in [2.05, 4.69) is 38.2 Å². The molecule has 0 aliphatic carbocycles. The van der Waals surface area contributed by atoms with E-state index in [9.17, 15) is 4.79 Å². The lowest BCUT2D eigenvalue weighted by Gasteiger charge is -2.27. The predicted molar refractivity (Wildman–Crippen MR) is 75.7 cm³/mol. The Morgan fingerprint density at radius 1 is 1.22 bits per heavy atom. The third kappa shape index (κ3) is 2.72. The second kappa shape index (κ2) is 5.53. The van der Waals surface area contributed by atoms with Crippen LogP contribution in [-0.2, 0) is 10.2 Å². The van der Waals surface area contributed by atoms with E-state index in [1.54, 1.807) is 0 Å². The smallest absolute Gasteiger partial charge is 0.230 e. The van der Waals surface area contributed by atoms with E-state index in [-0.39, 0.29) is 5.91 Å². The highest BCUT2D eigenvalue weighted by molar-refractivity contribution is 5.87. The molecular formula is C15H24N2O. The Hall–Kier alpha value is -1.35. The highest BCUT2D eigenvalue weighted by Crippen LogP contribution is 2.29. The Labute approximate surface area is 110 Å². The Balaban J connectivity index is 3.12. The summed E-state index contributed by atoms with van der Waals surface area (Å²) in [6.07, 6.45) is 0. The molecule has 0 saturated carbocycles. The molecule has 3 N–H and O–H groups in total. The minimum absolute atomic E-state index is 0.0271. The van der Waals surface area contributed by atoms with Gasteiger partial charge in [0.15, 0.2) is 0 Å². The van der Waals surface area contributed by atoms with Gasteiger partial charge in [0.05, 0.1) is 5.41 Å². The van der Waals surface area contributed by atoms with Crippen LogP contribution < -0.4 is 11.1 Å². The van der Waals surface area contributed by atoms with Crippen molar-refractivity contribution in [2.45, 2.75) is 40.0 Å². The van der Waals surface area contributed by atoms with E-state index in [1.165, 1.54) is 16.7 Å². The third-order valence-corrected chi connectivity index (χ3v) is 3.73. The Morgan fingerprint density at radius 2 is 1.83 bits per heavy atom. The molecule has 0 aliphatic heterocycles. The second-order valence-corrected chi connectivity index (χ2v) is 5.35. The van der Waals surface area contributed by atoms with Crippen molar-refractivity contribution >= 4 is 5.91 Å². The van der Waals surface area contributed by atoms with E-state index in [0.29, 0.717) is 13.1 Å². The van der Waals surface area contributed by atoms with Gasteiger partial charge in [0.2, 0.25) is 5.91 Å². The molecule has 0 spiro atoms. The van der Waals surface area contributed by atoms with Crippen molar-refractivity contribution < 1.29 is 4.79 Å². The van der Waals surface area contributed by atoms with Crippen molar-refractivity contribution in [1.82, 2.24) is 5.32 Å². The molecule has 18 heavy (non-hydrogen) atoms. The molecule has 3 heteroatoms. The molecule has 0 fully saturated rings. The summed E-state index contributed by atoms with van der Waals surface area (Å²) in [7, 11) is 0. The molecule has 0 bridgehead atoms. The highest BCUT2D eigenvalue weighted by atomic mass is 16.2. The van der Waals surface area contributed by atoms with Gasteiger partial charge in [0.25, 0.3) is 0 Å². The lowest BCUT2D eigenvalue weighted by atomic mass is 9.79. The SMILES string of the molecule is Cc1ccc(C(C)(C)C(=O)NCCN)c(C)c1C. The van der Waals surface area contributed by atoms with E-state index in [4.69, 9.17) is 5.73 Å². The molecule has 1 rings (SSSR count). The van der Waals surface area contributed by atoms with Gasteiger partial charge in [-0.15, -0.1) is 0 Å². The zero-order chi connectivity index (χ0) is 13.9. The summed E-state index contributed by atoms with van der Waals surface area (Å²) in [6, 6.07) is 4.13. The predicted octanol–water partition coefficient (Wildman–Crippen LogP) is 1.96. The van der Waals surface area contributed by atoms with Crippen LogP contribution >= 0.6 is 0 Å². The fourth-order valence-electron chi connectivity index (χ4n) is 2.16. The van der Waals surface area contributed by atoms with Gasteiger partial charge in [0, 0.05) is 13.1 Å². The first kappa shape index (κ1) is 14.7. The summed E-state index contributed by atoms with van der Waals surface area (Å²) in [5, 5.41) is 2.87. The molecule has 0 aliphatic rings. The monoisotopic (exact) mass is 248 g/mol. The zero-order valence-electron chi connectivity index (χ0n) is 12.1. The molecule has 0 heterocycles. The molecule has 1 aromatic rings. The standard InChI is InChI=1S/C15H24N2O/c1-10-6-7-13(12(3)11(10)2)15(4,5)14(18)17-9-8-16/h6-7H,8-9,16H2,1-5H3,(H,17,18). The van der Waals surface area contributed by atoms with E-state index >= 15 is 0 Å². The first-order chi connectivity index (χ1) is 8.32. The van der Waals surface area contributed by atoms with Crippen LogP contribution in [0.5, 0.6) is 0 Å². The van der Waals surface area contributed by atoms with Crippen molar-refractivity contribution in [2.24, 2.45) is 5.73 Å². The minimum atomic E-state index is -0.530. The van der Waals surface area contributed by atoms with Crippen LogP contribution in [0.1, 0.15) is 36.1 Å². The number of aryl methyl sites for hydroxylation is 1. The maximum Gasteiger partial charge on any atom is 0.230 e. The Kier molecular flexibility index (Phi) is 4.52. The van der Waals surface area contributed by atoms with Crippen molar-refractivity contribution in [1.29, 1.82) is 0 Å². The van der Waals surface area contributed by atoms with Gasteiger partial charge >= 0.3 is 0 Å². The number of carbonyl (C=O) groups excluding carboxylic acids is 1. The van der Waals surface area contributed by atoms with Crippen molar-refractivity contribution in [3.63, 3.8) is 0 Å². The molecule has 0 radical (unpaired) electrons. The summed E-state index contributed by atoms with van der Waals surface area (Å²) < 4.78 is 0. The van der Waals surface area contributed by atoms with Crippen LogP contribution in [0.25, 0.3) is 0 Å². The van der Waals surface area contributed by atoms with Gasteiger partial charge in [-0.2, -0.15) is 0 Å². The number of rotatable bonds is 4. The highest BCUT2D eigenvalue weighted by Gasteiger charge is 2.31. The summed E-state index contributed by atoms with van der Waals surface area (Å²) in [5.74, 6) is 0.0271. The zero-order valence-corrected chi connectivity index (χ0v) is 12.1. The molecular weight excluding hydrogens is 224 g/mol. The lowest BCUT2D eigenvalue weighted by Crippen LogP contribution is -2.42. The number of hydrogen-bond acceptors (Lipinski definition) is 2. The van der Waals surface area contributed by atoms with E-state index in [0.717, 1.165) is 5.56 Å². The van der Waals surface area contributed by atoms with E-state index in [1.807, 2.05) is 13.8 Å². The maximum atomic E-state index is 12.2. The van der Waals surface area contributed by atoms with Crippen molar-refractivity contribution in [3.05, 3.63) is 34.4 Å². The fraction of sp³-hybridized carbons (Fsp3) is 0.533. The van der Waals surface area contributed by atoms with E-state index < -0.39 is 5.41 Å². The average Bonchev–Trinajstić information content (AvgIpc) is 2.32. The van der Waals surface area contributed by atoms with Gasteiger partial charge in [-0.1, -0.05) is 12.1 Å². The van der Waals surface area contributed by atoms with Crippen LogP contribution in [-0.4, -0.2) is 19.0 Å². The minimum Gasteiger partial charge on any atom is -0.354 e. The summed E-state index contributed by atoms with van der Waals surface area (Å²) >= 11 is 0. The molecule has 1 aromatic carbocycles. The molecule has 100 valence electrons. The number of nitrogens with two attached hydrogens (primary N) is 1. The first-order valence-electron chi connectivity index (χ1n) is 6.38. The van der Waals surface area contributed by atoms with Crippen LogP contribution in [0.15, 0.2) is 12.1 Å². The molecule has 0 unspecified atom stereocenters. The topological polar surface area (TPSA) is 55.1 Å². The van der Waals surface area contributed by atoms with Crippen LogP contribution in [0.4, 0.5) is 0 Å². The molecule has 0 atom stereocenters. The summed E-state index contributed by atoms with van der Waals surface area (Å²) in [5.41, 5.74) is 9.68. The number of hydrogen-bond donors (Lipinski definition) is 2. The molecule has 0 saturated heterocycles. The fourth-order valence-corrected chi connectivity index (χ4v) is 2.16. The lowest BCUT2D eigenvalue weighted by molar-refractivity contribution is -0.125. The van der Waals surface area contributed by atoms with Gasteiger partial charge in [-0.3, -0.25) is 4.79 Å². The second-order valence-electron chi connectivity index (χ2n) is 5.35. The molecule has 3 nitrogen and oxygen atoms in total. The largest absolute Gasteiger partial charge is 0.354 e. The number of benzene rings is 1. The molecule has 1 amide bonds. The van der Waals surface area contributed by atoms with Crippen LogP contribution in [0, 0.1) is 20.8 Å². The first-order valence-corrected chi connectivity index (χ1v) is 6.38. The van der Waals surface area contributed by atoms with Gasteiger partial charge in [-0.05, 0) is 56.9 Å². The normalized spacial score (nSPS) is 11.4. The summed E-state index contributed by atoms with van der Waals surface area (Å²) in [6.45, 7) is 11.2. The van der Waals surface area contributed by atoms with Gasteiger partial charge in [-0.25, -0.2) is 0 Å². The van der Waals surface area contributed by atoms with Crippen LogP contribution in [0.2, 0.25) is 0 Å². The molecule has 0 aromatic heterocycles. The number of nitrogens with one attached hydrogen (secondary N) is 1. The van der Waals surface area contributed by atoms with Crippen LogP contribution in [0.3, 0.4) is 0 Å². The maximum absolute atomic E-state index is 12.2. The van der Waals surface area contributed by atoms with Crippen molar-refractivity contribution in [2.75, 3.05) is 13.1 Å². The Morgan fingerprint density at radius 3 is 2.39 bits per heavy atom.